The first-order valence-corrected chi connectivity index (χ1v) is 7.39. The molecule has 0 aliphatic heterocycles. The number of fused-ring (bicyclic) bond motifs is 5. The molecule has 0 saturated heterocycles. The van der Waals surface area contributed by atoms with Crippen LogP contribution in [0.1, 0.15) is 35.2 Å². The Hall–Kier alpha value is -1.31. The van der Waals surface area contributed by atoms with Crippen LogP contribution >= 0.6 is 0 Å². The molecule has 3 fully saturated rings. The van der Waals surface area contributed by atoms with E-state index in [1.165, 1.54) is 19.3 Å². The number of ketones is 1. The largest absolute Gasteiger partial charge is 0.497 e. The predicted octanol–water partition coefficient (Wildman–Crippen LogP) is 3.48. The Morgan fingerprint density at radius 1 is 1.21 bits per heavy atom. The molecule has 2 bridgehead atoms. The van der Waals surface area contributed by atoms with E-state index in [0.717, 1.165) is 40.5 Å². The van der Waals surface area contributed by atoms with E-state index in [1.807, 2.05) is 25.1 Å². The summed E-state index contributed by atoms with van der Waals surface area (Å²) in [6.07, 6.45) is 4.15. The van der Waals surface area contributed by atoms with E-state index in [0.29, 0.717) is 11.7 Å². The van der Waals surface area contributed by atoms with E-state index < -0.39 is 0 Å². The van der Waals surface area contributed by atoms with E-state index in [-0.39, 0.29) is 0 Å². The number of hydrogen-bond acceptors (Lipinski definition) is 2. The lowest BCUT2D eigenvalue weighted by atomic mass is 9.94. The maximum atomic E-state index is 12.7. The van der Waals surface area contributed by atoms with E-state index in [4.69, 9.17) is 4.74 Å². The minimum Gasteiger partial charge on any atom is -0.497 e. The number of Topliss-reactive ketones (excluding diaryl/α,β-unsaturated/α-hetero) is 1. The zero-order chi connectivity index (χ0) is 13.1. The average molecular weight is 256 g/mol. The van der Waals surface area contributed by atoms with Gasteiger partial charge in [0.15, 0.2) is 5.78 Å². The molecule has 0 N–H and O–H groups in total. The lowest BCUT2D eigenvalue weighted by Crippen LogP contribution is -2.11. The van der Waals surface area contributed by atoms with Gasteiger partial charge in [0.2, 0.25) is 0 Å². The highest BCUT2D eigenvalue weighted by Gasteiger charge is 2.67. The van der Waals surface area contributed by atoms with Gasteiger partial charge >= 0.3 is 0 Å². The summed E-state index contributed by atoms with van der Waals surface area (Å²) in [7, 11) is 1.67. The second kappa shape index (κ2) is 3.84. The van der Waals surface area contributed by atoms with Crippen LogP contribution in [0.15, 0.2) is 18.2 Å². The Labute approximate surface area is 114 Å². The van der Waals surface area contributed by atoms with Crippen molar-refractivity contribution in [3.8, 4) is 5.75 Å². The zero-order valence-electron chi connectivity index (χ0n) is 11.6. The fourth-order valence-corrected chi connectivity index (χ4v) is 4.89. The van der Waals surface area contributed by atoms with Gasteiger partial charge in [0.05, 0.1) is 7.11 Å². The highest BCUT2D eigenvalue weighted by molar-refractivity contribution is 6.01. The lowest BCUT2D eigenvalue weighted by molar-refractivity contribution is 0.0944. The number of benzene rings is 1. The smallest absolute Gasteiger partial charge is 0.166 e. The third-order valence-corrected chi connectivity index (χ3v) is 5.74. The summed E-state index contributed by atoms with van der Waals surface area (Å²) < 4.78 is 5.21. The number of carbonyl (C=O) groups is 1. The Morgan fingerprint density at radius 2 is 1.89 bits per heavy atom. The van der Waals surface area contributed by atoms with Gasteiger partial charge in [-0.1, -0.05) is 0 Å². The average Bonchev–Trinajstić information content (AvgIpc) is 2.86. The van der Waals surface area contributed by atoms with Gasteiger partial charge in [0.25, 0.3) is 0 Å². The standard InChI is InChI=1S/C17H20O2/c1-9-7-12(19-2)5-6-13(9)17(18)16-14-10-3-4-11(8-10)15(14)16/h5-7,10-11,14-16H,3-4,8H2,1-2H3. The van der Waals surface area contributed by atoms with E-state index >= 15 is 0 Å². The number of methoxy groups -OCH3 is 1. The van der Waals surface area contributed by atoms with Crippen LogP contribution in [0.2, 0.25) is 0 Å². The van der Waals surface area contributed by atoms with Crippen molar-refractivity contribution in [3.05, 3.63) is 29.3 Å². The second-order valence-corrected chi connectivity index (χ2v) is 6.56. The van der Waals surface area contributed by atoms with Crippen molar-refractivity contribution in [2.24, 2.45) is 29.6 Å². The quantitative estimate of drug-likeness (QED) is 0.774. The topological polar surface area (TPSA) is 26.3 Å². The molecule has 0 spiro atoms. The zero-order valence-corrected chi connectivity index (χ0v) is 11.6. The molecular weight excluding hydrogens is 236 g/mol. The van der Waals surface area contributed by atoms with Crippen LogP contribution < -0.4 is 4.74 Å². The van der Waals surface area contributed by atoms with E-state index in [9.17, 15) is 4.79 Å². The van der Waals surface area contributed by atoms with Crippen LogP contribution in [0, 0.1) is 36.5 Å². The number of aryl methyl sites for hydroxylation is 1. The fourth-order valence-electron chi connectivity index (χ4n) is 4.89. The molecule has 3 aliphatic rings. The molecule has 0 radical (unpaired) electrons. The van der Waals surface area contributed by atoms with Crippen molar-refractivity contribution < 1.29 is 9.53 Å². The monoisotopic (exact) mass is 256 g/mol. The minimum atomic E-state index is 0.346. The molecule has 4 unspecified atom stereocenters. The predicted molar refractivity (Wildman–Crippen MR) is 73.4 cm³/mol. The minimum absolute atomic E-state index is 0.346. The molecule has 3 aliphatic carbocycles. The van der Waals surface area contributed by atoms with Gasteiger partial charge in [-0.05, 0) is 73.6 Å². The first-order chi connectivity index (χ1) is 9.20. The Kier molecular flexibility index (Phi) is 2.33. The third kappa shape index (κ3) is 1.52. The van der Waals surface area contributed by atoms with Crippen molar-refractivity contribution in [2.45, 2.75) is 26.2 Å². The van der Waals surface area contributed by atoms with Crippen LogP contribution in [0.3, 0.4) is 0 Å². The summed E-state index contributed by atoms with van der Waals surface area (Å²) in [6.45, 7) is 2.02. The maximum Gasteiger partial charge on any atom is 0.166 e. The molecule has 19 heavy (non-hydrogen) atoms. The van der Waals surface area contributed by atoms with Gasteiger partial charge in [0, 0.05) is 11.5 Å². The maximum absolute atomic E-state index is 12.7. The molecular formula is C17H20O2. The molecule has 2 nitrogen and oxygen atoms in total. The van der Waals surface area contributed by atoms with Crippen LogP contribution in [0.4, 0.5) is 0 Å². The Morgan fingerprint density at radius 3 is 2.47 bits per heavy atom. The van der Waals surface area contributed by atoms with Crippen LogP contribution in [0.25, 0.3) is 0 Å². The van der Waals surface area contributed by atoms with Crippen molar-refractivity contribution >= 4 is 5.78 Å². The van der Waals surface area contributed by atoms with Crippen molar-refractivity contribution in [1.82, 2.24) is 0 Å². The van der Waals surface area contributed by atoms with Crippen LogP contribution in [0.5, 0.6) is 5.75 Å². The van der Waals surface area contributed by atoms with Gasteiger partial charge in [-0.3, -0.25) is 4.79 Å². The van der Waals surface area contributed by atoms with E-state index in [2.05, 4.69) is 0 Å². The summed E-state index contributed by atoms with van der Waals surface area (Å²) in [5, 5.41) is 0. The normalized spacial score (nSPS) is 38.1. The van der Waals surface area contributed by atoms with Gasteiger partial charge in [-0.25, -0.2) is 0 Å². The molecule has 0 aromatic heterocycles. The van der Waals surface area contributed by atoms with Crippen LogP contribution in [-0.2, 0) is 0 Å². The first-order valence-electron chi connectivity index (χ1n) is 7.39. The number of ether oxygens (including phenoxy) is 1. The fraction of sp³-hybridized carbons (Fsp3) is 0.588. The summed E-state index contributed by atoms with van der Waals surface area (Å²) in [6, 6.07) is 5.83. The number of hydrogen-bond donors (Lipinski definition) is 0. The molecule has 0 heterocycles. The molecule has 1 aromatic rings. The Bertz CT molecular complexity index is 532. The van der Waals surface area contributed by atoms with Gasteiger partial charge in [-0.15, -0.1) is 0 Å². The molecule has 0 amide bonds. The summed E-state index contributed by atoms with van der Waals surface area (Å²) in [5.41, 5.74) is 1.97. The molecule has 3 saturated carbocycles. The SMILES string of the molecule is COc1ccc(C(=O)C2C3C4CCC(C4)C23)c(C)c1. The van der Waals surface area contributed by atoms with E-state index in [1.54, 1.807) is 7.11 Å². The lowest BCUT2D eigenvalue weighted by Gasteiger charge is -2.10. The van der Waals surface area contributed by atoms with Crippen molar-refractivity contribution in [2.75, 3.05) is 7.11 Å². The second-order valence-electron chi connectivity index (χ2n) is 6.56. The van der Waals surface area contributed by atoms with Gasteiger partial charge in [-0.2, -0.15) is 0 Å². The molecule has 4 atom stereocenters. The molecule has 1 aromatic carbocycles. The summed E-state index contributed by atoms with van der Waals surface area (Å²) in [5.74, 6) is 4.76. The molecule has 2 heteroatoms. The van der Waals surface area contributed by atoms with Crippen LogP contribution in [-0.4, -0.2) is 12.9 Å². The van der Waals surface area contributed by atoms with Crippen molar-refractivity contribution in [1.29, 1.82) is 0 Å². The molecule has 4 rings (SSSR count). The highest BCUT2D eigenvalue weighted by atomic mass is 16.5. The highest BCUT2D eigenvalue weighted by Crippen LogP contribution is 2.70. The van der Waals surface area contributed by atoms with Crippen molar-refractivity contribution in [3.63, 3.8) is 0 Å². The summed E-state index contributed by atoms with van der Waals surface area (Å²) in [4.78, 5) is 12.7. The number of rotatable bonds is 3. The first kappa shape index (κ1) is 11.5. The van der Waals surface area contributed by atoms with Gasteiger partial charge < -0.3 is 4.74 Å². The third-order valence-electron chi connectivity index (χ3n) is 5.74. The number of carbonyl (C=O) groups excluding carboxylic acids is 1. The Balaban J connectivity index is 1.59. The molecule has 100 valence electrons. The van der Waals surface area contributed by atoms with Gasteiger partial charge in [0.1, 0.15) is 5.75 Å². The summed E-state index contributed by atoms with van der Waals surface area (Å²) >= 11 is 0.